The summed E-state index contributed by atoms with van der Waals surface area (Å²) in [6.45, 7) is -0.466. The Hall–Kier alpha value is -3.03. The minimum absolute atomic E-state index is 0.206. The molecule has 0 unspecified atom stereocenters. The molecule has 1 N–H and O–H groups in total. The fraction of sp³-hybridized carbons (Fsp3) is 0.364. The zero-order valence-electron chi connectivity index (χ0n) is 16.5. The molecule has 1 amide bonds. The first kappa shape index (κ1) is 20.3. The number of imidazole rings is 1. The minimum atomic E-state index is -4.66. The van der Waals surface area contributed by atoms with Gasteiger partial charge in [-0.25, -0.2) is 4.98 Å². The summed E-state index contributed by atoms with van der Waals surface area (Å²) in [5.41, 5.74) is 0.680. The molecule has 1 aliphatic carbocycles. The van der Waals surface area contributed by atoms with Crippen LogP contribution in [0, 0.1) is 0 Å². The highest BCUT2D eigenvalue weighted by molar-refractivity contribution is 5.82. The van der Waals surface area contributed by atoms with Crippen LogP contribution in [-0.4, -0.2) is 22.6 Å². The lowest BCUT2D eigenvalue weighted by molar-refractivity contribution is -0.147. The number of benzene rings is 2. The summed E-state index contributed by atoms with van der Waals surface area (Å²) in [4.78, 5) is 16.7. The number of hydrogen-bond acceptors (Lipinski definition) is 3. The lowest BCUT2D eigenvalue weighted by Crippen LogP contribution is -2.45. The quantitative estimate of drug-likeness (QED) is 0.658. The Morgan fingerprint density at radius 2 is 1.80 bits per heavy atom. The molecular weight excluding hydrogens is 395 g/mol. The Bertz CT molecular complexity index is 1070. The van der Waals surface area contributed by atoms with Crippen molar-refractivity contribution in [2.24, 2.45) is 0 Å². The van der Waals surface area contributed by atoms with Crippen molar-refractivity contribution in [1.82, 2.24) is 14.9 Å². The molecule has 0 spiro atoms. The number of amides is 1. The maximum atomic E-state index is 13.5. The molecule has 30 heavy (non-hydrogen) atoms. The lowest BCUT2D eigenvalue weighted by Gasteiger charge is -2.32. The predicted octanol–water partition coefficient (Wildman–Crippen LogP) is 4.65. The zero-order valence-corrected chi connectivity index (χ0v) is 16.5. The van der Waals surface area contributed by atoms with Crippen LogP contribution in [0.15, 0.2) is 48.5 Å². The average molecular weight is 417 g/mol. The summed E-state index contributed by atoms with van der Waals surface area (Å²) < 4.78 is 47.1. The number of methoxy groups -OCH3 is 1. The van der Waals surface area contributed by atoms with Crippen LogP contribution in [-0.2, 0) is 23.1 Å². The summed E-state index contributed by atoms with van der Waals surface area (Å²) in [6, 6.07) is 13.7. The van der Waals surface area contributed by atoms with Crippen LogP contribution < -0.4 is 10.1 Å². The van der Waals surface area contributed by atoms with Crippen LogP contribution in [0.4, 0.5) is 13.2 Å². The van der Waals surface area contributed by atoms with Gasteiger partial charge < -0.3 is 14.6 Å². The maximum Gasteiger partial charge on any atom is 0.449 e. The molecule has 5 nitrogen and oxygen atoms in total. The molecule has 0 atom stereocenters. The van der Waals surface area contributed by atoms with E-state index in [0.717, 1.165) is 23.0 Å². The second kappa shape index (κ2) is 7.66. The molecular formula is C22H22F3N3O2. The molecule has 158 valence electrons. The fourth-order valence-corrected chi connectivity index (χ4v) is 4.38. The lowest BCUT2D eigenvalue weighted by atomic mass is 9.87. The minimum Gasteiger partial charge on any atom is -0.496 e. The van der Waals surface area contributed by atoms with Gasteiger partial charge in [0.05, 0.1) is 23.7 Å². The van der Waals surface area contributed by atoms with Gasteiger partial charge in [0, 0.05) is 5.56 Å². The molecule has 8 heteroatoms. The summed E-state index contributed by atoms with van der Waals surface area (Å²) in [5, 5.41) is 3.03. The highest BCUT2D eigenvalue weighted by Gasteiger charge is 2.41. The van der Waals surface area contributed by atoms with Gasteiger partial charge >= 0.3 is 6.18 Å². The molecule has 2 aromatic carbocycles. The summed E-state index contributed by atoms with van der Waals surface area (Å²) in [6.07, 6.45) is -1.42. The van der Waals surface area contributed by atoms with Crippen molar-refractivity contribution >= 4 is 16.9 Å². The van der Waals surface area contributed by atoms with Gasteiger partial charge in [-0.15, -0.1) is 0 Å². The number of carbonyl (C=O) groups excluding carboxylic acids is 1. The van der Waals surface area contributed by atoms with E-state index in [4.69, 9.17) is 4.74 Å². The number of halogens is 3. The molecule has 1 heterocycles. The SMILES string of the molecule is COc1ccccc1C1(NC(=O)Cn2c(C(F)(F)F)nc3ccccc32)CCCC1. The number of rotatable bonds is 5. The van der Waals surface area contributed by atoms with Crippen LogP contribution in [0.5, 0.6) is 5.75 Å². The highest BCUT2D eigenvalue weighted by Crippen LogP contribution is 2.42. The van der Waals surface area contributed by atoms with E-state index in [0.29, 0.717) is 18.6 Å². The van der Waals surface area contributed by atoms with Crippen molar-refractivity contribution in [3.63, 3.8) is 0 Å². The molecule has 1 aliphatic rings. The van der Waals surface area contributed by atoms with Crippen molar-refractivity contribution < 1.29 is 22.7 Å². The van der Waals surface area contributed by atoms with Crippen LogP contribution in [0.1, 0.15) is 37.1 Å². The molecule has 1 fully saturated rings. The maximum absolute atomic E-state index is 13.5. The van der Waals surface area contributed by atoms with Gasteiger partial charge in [0.25, 0.3) is 0 Å². The molecule has 0 radical (unpaired) electrons. The summed E-state index contributed by atoms with van der Waals surface area (Å²) in [5.74, 6) is -0.906. The van der Waals surface area contributed by atoms with Crippen molar-refractivity contribution in [2.75, 3.05) is 7.11 Å². The Morgan fingerprint density at radius 3 is 2.50 bits per heavy atom. The Kier molecular flexibility index (Phi) is 5.17. The van der Waals surface area contributed by atoms with Gasteiger partial charge in [-0.2, -0.15) is 13.2 Å². The van der Waals surface area contributed by atoms with Crippen LogP contribution >= 0.6 is 0 Å². The second-order valence-electron chi connectivity index (χ2n) is 7.55. The van der Waals surface area contributed by atoms with E-state index in [9.17, 15) is 18.0 Å². The normalized spacial score (nSPS) is 16.0. The van der Waals surface area contributed by atoms with E-state index in [1.54, 1.807) is 19.2 Å². The standard InChI is InChI=1S/C22H22F3N3O2/c1-30-18-11-5-2-8-15(18)21(12-6-7-13-21)27-19(29)14-28-17-10-4-3-9-16(17)26-20(28)22(23,24)25/h2-5,8-11H,6-7,12-14H2,1H3,(H,27,29). The average Bonchev–Trinajstić information content (AvgIpc) is 3.33. The molecule has 1 saturated carbocycles. The molecule has 1 aromatic heterocycles. The molecule has 3 aromatic rings. The highest BCUT2D eigenvalue weighted by atomic mass is 19.4. The third-order valence-electron chi connectivity index (χ3n) is 5.67. The van der Waals surface area contributed by atoms with E-state index in [1.807, 2.05) is 24.3 Å². The van der Waals surface area contributed by atoms with Gasteiger partial charge in [-0.05, 0) is 31.0 Å². The van der Waals surface area contributed by atoms with Gasteiger partial charge in [0.1, 0.15) is 12.3 Å². The number of fused-ring (bicyclic) bond motifs is 1. The van der Waals surface area contributed by atoms with E-state index in [-0.39, 0.29) is 11.0 Å². The first-order valence-corrected chi connectivity index (χ1v) is 9.81. The Balaban J connectivity index is 1.68. The molecule has 4 rings (SSSR count). The topological polar surface area (TPSA) is 56.1 Å². The number of nitrogens with zero attached hydrogens (tertiary/aromatic N) is 2. The van der Waals surface area contributed by atoms with Gasteiger partial charge in [0.2, 0.25) is 11.7 Å². The predicted molar refractivity (Wildman–Crippen MR) is 106 cm³/mol. The van der Waals surface area contributed by atoms with Gasteiger partial charge in [0.15, 0.2) is 0 Å². The van der Waals surface area contributed by atoms with Crippen LogP contribution in [0.25, 0.3) is 11.0 Å². The first-order chi connectivity index (χ1) is 14.3. The molecule has 0 aliphatic heterocycles. The van der Waals surface area contributed by atoms with Crippen molar-refractivity contribution in [3.05, 3.63) is 59.9 Å². The third-order valence-corrected chi connectivity index (χ3v) is 5.67. The number of aromatic nitrogens is 2. The summed E-state index contributed by atoms with van der Waals surface area (Å²) in [7, 11) is 1.57. The van der Waals surface area contributed by atoms with Crippen molar-refractivity contribution in [3.8, 4) is 5.75 Å². The largest absolute Gasteiger partial charge is 0.496 e. The number of hydrogen-bond donors (Lipinski definition) is 1. The van der Waals surface area contributed by atoms with E-state index in [2.05, 4.69) is 10.3 Å². The van der Waals surface area contributed by atoms with E-state index in [1.165, 1.54) is 12.1 Å². The zero-order chi connectivity index (χ0) is 21.4. The van der Waals surface area contributed by atoms with Crippen LogP contribution in [0.3, 0.4) is 0 Å². The van der Waals surface area contributed by atoms with Gasteiger partial charge in [-0.3, -0.25) is 4.79 Å². The fourth-order valence-electron chi connectivity index (χ4n) is 4.38. The monoisotopic (exact) mass is 417 g/mol. The first-order valence-electron chi connectivity index (χ1n) is 9.81. The number of para-hydroxylation sites is 3. The van der Waals surface area contributed by atoms with Crippen LogP contribution in [0.2, 0.25) is 0 Å². The second-order valence-corrected chi connectivity index (χ2v) is 7.55. The van der Waals surface area contributed by atoms with Crippen molar-refractivity contribution in [1.29, 1.82) is 0 Å². The van der Waals surface area contributed by atoms with Crippen molar-refractivity contribution in [2.45, 2.75) is 43.9 Å². The number of carbonyl (C=O) groups is 1. The van der Waals surface area contributed by atoms with E-state index >= 15 is 0 Å². The van der Waals surface area contributed by atoms with E-state index < -0.39 is 30.0 Å². The Labute approximate surface area is 171 Å². The Morgan fingerprint density at radius 1 is 1.13 bits per heavy atom. The number of ether oxygens (including phenoxy) is 1. The summed E-state index contributed by atoms with van der Waals surface area (Å²) >= 11 is 0. The molecule has 0 bridgehead atoms. The number of alkyl halides is 3. The number of nitrogens with one attached hydrogen (secondary N) is 1. The smallest absolute Gasteiger partial charge is 0.449 e. The third kappa shape index (κ3) is 3.62. The molecule has 0 saturated heterocycles. The van der Waals surface area contributed by atoms with Gasteiger partial charge in [-0.1, -0.05) is 43.2 Å².